The normalized spacial score (nSPS) is 13.6. The van der Waals surface area contributed by atoms with Crippen LogP contribution < -0.4 is 19.5 Å². The highest BCUT2D eigenvalue weighted by atomic mass is 16.7. The molecule has 0 saturated heterocycles. The third-order valence-electron chi connectivity index (χ3n) is 3.90. The third-order valence-corrected chi connectivity index (χ3v) is 3.90. The van der Waals surface area contributed by atoms with Crippen molar-refractivity contribution >= 4 is 16.7 Å². The number of fused-ring (bicyclic) bond motifs is 2. The number of hydrogen-bond donors (Lipinski definition) is 2. The van der Waals surface area contributed by atoms with Gasteiger partial charge in [-0.2, -0.15) is 0 Å². The molecule has 1 aliphatic rings. The van der Waals surface area contributed by atoms with Gasteiger partial charge in [0.25, 0.3) is 0 Å². The van der Waals surface area contributed by atoms with Crippen molar-refractivity contribution in [1.29, 1.82) is 0 Å². The second-order valence-electron chi connectivity index (χ2n) is 5.75. The van der Waals surface area contributed by atoms with Crippen LogP contribution in [0.1, 0.15) is 0 Å². The average molecular weight is 338 g/mol. The molecule has 0 bridgehead atoms. The SMILES string of the molecule is OC(CNc1ccc2ccccc2n1)COc1ccc2c(c1)OCO2. The molecule has 0 spiro atoms. The van der Waals surface area contributed by atoms with Crippen LogP contribution in [-0.4, -0.2) is 36.1 Å². The Labute approximate surface area is 145 Å². The average Bonchev–Trinajstić information content (AvgIpc) is 3.12. The lowest BCUT2D eigenvalue weighted by Gasteiger charge is -2.14. The molecule has 25 heavy (non-hydrogen) atoms. The maximum absolute atomic E-state index is 10.1. The Kier molecular flexibility index (Phi) is 4.26. The maximum atomic E-state index is 10.1. The topological polar surface area (TPSA) is 72.8 Å². The number of pyridine rings is 1. The van der Waals surface area contributed by atoms with Crippen LogP contribution in [0.15, 0.2) is 54.6 Å². The van der Waals surface area contributed by atoms with Gasteiger partial charge < -0.3 is 24.6 Å². The fraction of sp³-hybridized carbons (Fsp3) is 0.211. The molecule has 2 N–H and O–H groups in total. The molecule has 0 amide bonds. The quantitative estimate of drug-likeness (QED) is 0.720. The molecule has 0 aliphatic carbocycles. The molecule has 128 valence electrons. The molecular weight excluding hydrogens is 320 g/mol. The smallest absolute Gasteiger partial charge is 0.231 e. The van der Waals surface area contributed by atoms with Gasteiger partial charge in [0.2, 0.25) is 6.79 Å². The lowest BCUT2D eigenvalue weighted by molar-refractivity contribution is 0.117. The molecule has 2 heterocycles. The number of nitrogens with zero attached hydrogens (tertiary/aromatic N) is 1. The monoisotopic (exact) mass is 338 g/mol. The van der Waals surface area contributed by atoms with Gasteiger partial charge in [-0.15, -0.1) is 0 Å². The van der Waals surface area contributed by atoms with Crippen molar-refractivity contribution in [3.05, 3.63) is 54.6 Å². The number of ether oxygens (including phenoxy) is 3. The number of aromatic nitrogens is 1. The van der Waals surface area contributed by atoms with E-state index in [2.05, 4.69) is 10.3 Å². The highest BCUT2D eigenvalue weighted by Gasteiger charge is 2.14. The minimum absolute atomic E-state index is 0.167. The summed E-state index contributed by atoms with van der Waals surface area (Å²) in [4.78, 5) is 4.51. The summed E-state index contributed by atoms with van der Waals surface area (Å²) < 4.78 is 16.2. The van der Waals surface area contributed by atoms with E-state index in [0.29, 0.717) is 23.8 Å². The molecule has 1 aliphatic heterocycles. The minimum Gasteiger partial charge on any atom is -0.491 e. The molecule has 2 aromatic carbocycles. The molecule has 3 aromatic rings. The summed E-state index contributed by atoms with van der Waals surface area (Å²) in [5.74, 6) is 2.72. The number of hydrogen-bond acceptors (Lipinski definition) is 6. The van der Waals surface area contributed by atoms with Crippen LogP contribution in [0.3, 0.4) is 0 Å². The minimum atomic E-state index is -0.668. The van der Waals surface area contributed by atoms with Gasteiger partial charge in [-0.1, -0.05) is 18.2 Å². The van der Waals surface area contributed by atoms with E-state index < -0.39 is 6.10 Å². The largest absolute Gasteiger partial charge is 0.491 e. The Balaban J connectivity index is 1.30. The second kappa shape index (κ2) is 6.86. The fourth-order valence-corrected chi connectivity index (χ4v) is 2.60. The van der Waals surface area contributed by atoms with E-state index in [0.717, 1.165) is 16.7 Å². The van der Waals surface area contributed by atoms with Crippen molar-refractivity contribution in [2.75, 3.05) is 25.3 Å². The Morgan fingerprint density at radius 3 is 2.92 bits per heavy atom. The van der Waals surface area contributed by atoms with Crippen molar-refractivity contribution in [2.45, 2.75) is 6.10 Å². The zero-order valence-corrected chi connectivity index (χ0v) is 13.5. The standard InChI is InChI=1S/C19H18N2O4/c22-14(11-23-15-6-7-17-18(9-15)25-12-24-17)10-20-19-8-5-13-3-1-2-4-16(13)21-19/h1-9,14,22H,10-12H2,(H,20,21). The van der Waals surface area contributed by atoms with E-state index in [1.165, 1.54) is 0 Å². The van der Waals surface area contributed by atoms with Crippen LogP contribution in [0.2, 0.25) is 0 Å². The van der Waals surface area contributed by atoms with Crippen LogP contribution in [-0.2, 0) is 0 Å². The van der Waals surface area contributed by atoms with Gasteiger partial charge >= 0.3 is 0 Å². The first-order valence-electron chi connectivity index (χ1n) is 8.08. The van der Waals surface area contributed by atoms with Crippen LogP contribution in [0.4, 0.5) is 5.82 Å². The van der Waals surface area contributed by atoms with Crippen LogP contribution in [0, 0.1) is 0 Å². The number of anilines is 1. The zero-order chi connectivity index (χ0) is 17.1. The highest BCUT2D eigenvalue weighted by Crippen LogP contribution is 2.35. The first kappa shape index (κ1) is 15.5. The zero-order valence-electron chi connectivity index (χ0n) is 13.5. The Morgan fingerprint density at radius 2 is 1.96 bits per heavy atom. The van der Waals surface area contributed by atoms with Crippen molar-refractivity contribution in [3.63, 3.8) is 0 Å². The first-order valence-corrected chi connectivity index (χ1v) is 8.08. The van der Waals surface area contributed by atoms with Crippen LogP contribution in [0.5, 0.6) is 17.2 Å². The predicted octanol–water partition coefficient (Wildman–Crippen LogP) is 2.82. The molecule has 1 unspecified atom stereocenters. The first-order chi connectivity index (χ1) is 12.3. The lowest BCUT2D eigenvalue weighted by Crippen LogP contribution is -2.26. The number of nitrogens with one attached hydrogen (secondary N) is 1. The van der Waals surface area contributed by atoms with Crippen molar-refractivity contribution in [2.24, 2.45) is 0 Å². The van der Waals surface area contributed by atoms with Crippen LogP contribution >= 0.6 is 0 Å². The van der Waals surface area contributed by atoms with Crippen molar-refractivity contribution < 1.29 is 19.3 Å². The summed E-state index contributed by atoms with van der Waals surface area (Å²) in [6, 6.07) is 17.1. The number of para-hydroxylation sites is 1. The summed E-state index contributed by atoms with van der Waals surface area (Å²) in [6.45, 7) is 0.736. The molecule has 0 saturated carbocycles. The van der Waals surface area contributed by atoms with Crippen molar-refractivity contribution in [3.8, 4) is 17.2 Å². The molecule has 1 atom stereocenters. The van der Waals surface area contributed by atoms with Gasteiger partial charge in [0, 0.05) is 18.0 Å². The fourth-order valence-electron chi connectivity index (χ4n) is 2.60. The summed E-state index contributed by atoms with van der Waals surface area (Å²) in [7, 11) is 0. The Morgan fingerprint density at radius 1 is 1.08 bits per heavy atom. The summed E-state index contributed by atoms with van der Waals surface area (Å²) in [6.07, 6.45) is -0.668. The summed E-state index contributed by atoms with van der Waals surface area (Å²) in [5, 5.41) is 14.3. The van der Waals surface area contributed by atoms with E-state index in [-0.39, 0.29) is 13.4 Å². The summed E-state index contributed by atoms with van der Waals surface area (Å²) >= 11 is 0. The maximum Gasteiger partial charge on any atom is 0.231 e. The predicted molar refractivity (Wildman–Crippen MR) is 94.3 cm³/mol. The lowest BCUT2D eigenvalue weighted by atomic mass is 10.2. The van der Waals surface area contributed by atoms with Gasteiger partial charge in [-0.3, -0.25) is 0 Å². The molecular formula is C19H18N2O4. The van der Waals surface area contributed by atoms with E-state index in [4.69, 9.17) is 14.2 Å². The summed E-state index contributed by atoms with van der Waals surface area (Å²) in [5.41, 5.74) is 0.915. The van der Waals surface area contributed by atoms with Gasteiger partial charge in [0.05, 0.1) is 5.52 Å². The number of aliphatic hydroxyl groups is 1. The Bertz CT molecular complexity index is 884. The molecule has 0 fully saturated rings. The van der Waals surface area contributed by atoms with E-state index in [9.17, 15) is 5.11 Å². The molecule has 4 rings (SSSR count). The number of aliphatic hydroxyl groups excluding tert-OH is 1. The van der Waals surface area contributed by atoms with E-state index in [1.54, 1.807) is 18.2 Å². The highest BCUT2D eigenvalue weighted by molar-refractivity contribution is 5.80. The van der Waals surface area contributed by atoms with E-state index >= 15 is 0 Å². The Hall–Kier alpha value is -2.99. The van der Waals surface area contributed by atoms with Gasteiger partial charge in [-0.25, -0.2) is 4.98 Å². The molecule has 0 radical (unpaired) electrons. The number of benzene rings is 2. The molecule has 1 aromatic heterocycles. The van der Waals surface area contributed by atoms with Gasteiger partial charge in [0.1, 0.15) is 24.3 Å². The van der Waals surface area contributed by atoms with E-state index in [1.807, 2.05) is 36.4 Å². The molecule has 6 heteroatoms. The third kappa shape index (κ3) is 3.59. The number of rotatable bonds is 6. The molecule has 6 nitrogen and oxygen atoms in total. The van der Waals surface area contributed by atoms with Gasteiger partial charge in [0.15, 0.2) is 11.5 Å². The second-order valence-corrected chi connectivity index (χ2v) is 5.75. The van der Waals surface area contributed by atoms with Crippen LogP contribution in [0.25, 0.3) is 10.9 Å². The van der Waals surface area contributed by atoms with Gasteiger partial charge in [-0.05, 0) is 30.3 Å². The van der Waals surface area contributed by atoms with Crippen molar-refractivity contribution in [1.82, 2.24) is 4.98 Å².